The summed E-state index contributed by atoms with van der Waals surface area (Å²) in [6.45, 7) is 0. The molecule has 6 nitrogen and oxygen atoms in total. The predicted molar refractivity (Wildman–Crippen MR) is 75.6 cm³/mol. The van der Waals surface area contributed by atoms with Gasteiger partial charge in [-0.25, -0.2) is 4.98 Å². The fourth-order valence-corrected chi connectivity index (χ4v) is 1.97. The summed E-state index contributed by atoms with van der Waals surface area (Å²) in [6, 6.07) is 11.4. The van der Waals surface area contributed by atoms with Gasteiger partial charge in [0.05, 0.1) is 19.6 Å². The summed E-state index contributed by atoms with van der Waals surface area (Å²) in [5, 5.41) is 8.86. The number of nitrogens with zero attached hydrogens (tertiary/aromatic N) is 2. The van der Waals surface area contributed by atoms with Crippen molar-refractivity contribution in [1.29, 1.82) is 5.26 Å². The standard InChI is InChI=1S/C15H14N4O2/c1-21-15(20)11(7-8-16)14-18-9-12(17)13(19-14)10-5-3-2-4-6-10/h2-6,9,11H,7,17H2,1H3/p+1. The first-order valence-electron chi connectivity index (χ1n) is 6.35. The molecule has 0 aliphatic rings. The lowest BCUT2D eigenvalue weighted by atomic mass is 10.0. The van der Waals surface area contributed by atoms with E-state index in [9.17, 15) is 4.79 Å². The molecule has 0 saturated carbocycles. The number of hydrogen-bond acceptors (Lipinski definition) is 5. The number of H-pyrrole nitrogens is 1. The number of benzene rings is 1. The van der Waals surface area contributed by atoms with E-state index in [-0.39, 0.29) is 6.42 Å². The number of nitriles is 1. The Morgan fingerprint density at radius 2 is 2.19 bits per heavy atom. The highest BCUT2D eigenvalue weighted by atomic mass is 16.5. The smallest absolute Gasteiger partial charge is 0.322 e. The number of nitrogens with two attached hydrogens (primary N) is 1. The second-order valence-electron chi connectivity index (χ2n) is 4.39. The van der Waals surface area contributed by atoms with Crippen molar-refractivity contribution in [3.63, 3.8) is 0 Å². The highest BCUT2D eigenvalue weighted by molar-refractivity contribution is 5.77. The summed E-state index contributed by atoms with van der Waals surface area (Å²) in [5.74, 6) is -0.913. The summed E-state index contributed by atoms with van der Waals surface area (Å²) in [5.41, 5.74) is 7.80. The number of anilines is 1. The highest BCUT2D eigenvalue weighted by Crippen LogP contribution is 2.24. The molecule has 1 unspecified atom stereocenters. The van der Waals surface area contributed by atoms with Crippen LogP contribution < -0.4 is 10.7 Å². The average molecular weight is 283 g/mol. The van der Waals surface area contributed by atoms with E-state index >= 15 is 0 Å². The van der Waals surface area contributed by atoms with Crippen LogP contribution in [0.5, 0.6) is 0 Å². The van der Waals surface area contributed by atoms with Crippen molar-refractivity contribution in [2.75, 3.05) is 12.8 Å². The van der Waals surface area contributed by atoms with Crippen molar-refractivity contribution in [2.45, 2.75) is 12.3 Å². The molecule has 1 heterocycles. The van der Waals surface area contributed by atoms with Crippen LogP contribution in [0.15, 0.2) is 36.5 Å². The number of esters is 1. The van der Waals surface area contributed by atoms with Gasteiger partial charge in [-0.1, -0.05) is 30.3 Å². The van der Waals surface area contributed by atoms with Gasteiger partial charge >= 0.3 is 11.8 Å². The van der Waals surface area contributed by atoms with Crippen LogP contribution in [0, 0.1) is 11.3 Å². The van der Waals surface area contributed by atoms with Crippen molar-refractivity contribution in [3.8, 4) is 17.3 Å². The third kappa shape index (κ3) is 3.15. The third-order valence-corrected chi connectivity index (χ3v) is 3.04. The normalized spacial score (nSPS) is 11.4. The van der Waals surface area contributed by atoms with E-state index in [1.807, 2.05) is 36.4 Å². The van der Waals surface area contributed by atoms with Crippen molar-refractivity contribution in [1.82, 2.24) is 4.98 Å². The summed E-state index contributed by atoms with van der Waals surface area (Å²) >= 11 is 0. The Morgan fingerprint density at radius 3 is 2.81 bits per heavy atom. The maximum Gasteiger partial charge on any atom is 0.322 e. The lowest BCUT2D eigenvalue weighted by molar-refractivity contribution is -0.396. The number of ether oxygens (including phenoxy) is 1. The van der Waals surface area contributed by atoms with E-state index in [0.29, 0.717) is 17.2 Å². The summed E-state index contributed by atoms with van der Waals surface area (Å²) < 4.78 is 4.71. The fraction of sp³-hybridized carbons (Fsp3) is 0.200. The maximum absolute atomic E-state index is 11.8. The Kier molecular flexibility index (Phi) is 4.46. The molecule has 0 amide bonds. The molecule has 1 aromatic heterocycles. The molecule has 106 valence electrons. The van der Waals surface area contributed by atoms with E-state index < -0.39 is 11.9 Å². The van der Waals surface area contributed by atoms with Crippen molar-refractivity contribution in [3.05, 3.63) is 42.4 Å². The minimum atomic E-state index is -0.761. The SMILES string of the molecule is COC(=O)C(CC#N)c1nc(-c2ccccc2)c(N)c[nH+]1. The van der Waals surface area contributed by atoms with Gasteiger partial charge in [0.1, 0.15) is 11.9 Å². The van der Waals surface area contributed by atoms with Gasteiger partial charge in [0, 0.05) is 5.56 Å². The zero-order chi connectivity index (χ0) is 15.2. The molecule has 21 heavy (non-hydrogen) atoms. The van der Waals surface area contributed by atoms with E-state index in [0.717, 1.165) is 5.56 Å². The second-order valence-corrected chi connectivity index (χ2v) is 4.39. The molecule has 2 aromatic rings. The van der Waals surface area contributed by atoms with Gasteiger partial charge in [0.15, 0.2) is 5.92 Å². The van der Waals surface area contributed by atoms with Crippen molar-refractivity contribution in [2.24, 2.45) is 0 Å². The Hall–Kier alpha value is -2.94. The second kappa shape index (κ2) is 6.48. The van der Waals surface area contributed by atoms with Gasteiger partial charge in [0.25, 0.3) is 0 Å². The number of aromatic amines is 1. The largest absolute Gasteiger partial charge is 0.468 e. The maximum atomic E-state index is 11.8. The van der Waals surface area contributed by atoms with Crippen LogP contribution in [0.2, 0.25) is 0 Å². The van der Waals surface area contributed by atoms with Crippen LogP contribution in [0.1, 0.15) is 18.2 Å². The Labute approximate surface area is 122 Å². The molecule has 2 rings (SSSR count). The quantitative estimate of drug-likeness (QED) is 0.852. The number of aromatic nitrogens is 2. The van der Waals surface area contributed by atoms with Gasteiger partial charge in [0.2, 0.25) is 5.69 Å². The monoisotopic (exact) mass is 283 g/mol. The van der Waals surface area contributed by atoms with Crippen LogP contribution in [-0.2, 0) is 9.53 Å². The minimum absolute atomic E-state index is 0.0195. The van der Waals surface area contributed by atoms with Gasteiger partial charge in [-0.3, -0.25) is 4.79 Å². The Morgan fingerprint density at radius 1 is 1.48 bits per heavy atom. The summed E-state index contributed by atoms with van der Waals surface area (Å²) in [4.78, 5) is 19.0. The molecule has 1 atom stereocenters. The third-order valence-electron chi connectivity index (χ3n) is 3.04. The molecular formula is C15H15N4O2+. The number of nitrogens with one attached hydrogen (secondary N) is 1. The molecule has 0 aliphatic heterocycles. The van der Waals surface area contributed by atoms with Crippen LogP contribution in [0.25, 0.3) is 11.3 Å². The molecule has 0 spiro atoms. The van der Waals surface area contributed by atoms with Crippen LogP contribution >= 0.6 is 0 Å². The molecule has 6 heteroatoms. The van der Waals surface area contributed by atoms with E-state index in [2.05, 4.69) is 9.97 Å². The highest BCUT2D eigenvalue weighted by Gasteiger charge is 2.31. The summed E-state index contributed by atoms with van der Waals surface area (Å²) in [7, 11) is 1.28. The predicted octanol–water partition coefficient (Wildman–Crippen LogP) is 1.32. The molecule has 0 bridgehead atoms. The van der Waals surface area contributed by atoms with Crippen LogP contribution in [0.4, 0.5) is 5.69 Å². The average Bonchev–Trinajstić information content (AvgIpc) is 2.53. The molecular weight excluding hydrogens is 268 g/mol. The zero-order valence-corrected chi connectivity index (χ0v) is 11.5. The first-order chi connectivity index (χ1) is 10.2. The topological polar surface area (TPSA) is 103 Å². The molecule has 0 aliphatic carbocycles. The number of carbonyl (C=O) groups excluding carboxylic acids is 1. The molecule has 1 aromatic carbocycles. The van der Waals surface area contributed by atoms with E-state index in [1.165, 1.54) is 7.11 Å². The van der Waals surface area contributed by atoms with Gasteiger partial charge in [-0.15, -0.1) is 0 Å². The van der Waals surface area contributed by atoms with Gasteiger partial charge in [-0.05, 0) is 4.98 Å². The fourth-order valence-electron chi connectivity index (χ4n) is 1.97. The first-order valence-corrected chi connectivity index (χ1v) is 6.35. The Bertz CT molecular complexity index is 680. The van der Waals surface area contributed by atoms with Crippen molar-refractivity contribution >= 4 is 11.7 Å². The minimum Gasteiger partial charge on any atom is -0.468 e. The lowest BCUT2D eigenvalue weighted by Crippen LogP contribution is -2.25. The molecule has 0 fully saturated rings. The molecule has 0 radical (unpaired) electrons. The van der Waals surface area contributed by atoms with E-state index in [4.69, 9.17) is 15.7 Å². The van der Waals surface area contributed by atoms with Gasteiger partial charge in [-0.2, -0.15) is 5.26 Å². The Balaban J connectivity index is 2.47. The van der Waals surface area contributed by atoms with Crippen LogP contribution in [-0.4, -0.2) is 18.1 Å². The van der Waals surface area contributed by atoms with Crippen molar-refractivity contribution < 1.29 is 14.5 Å². The number of rotatable bonds is 4. The molecule has 3 N–H and O–H groups in total. The number of nitrogen functional groups attached to an aromatic ring is 1. The number of hydrogen-bond donors (Lipinski definition) is 1. The zero-order valence-electron chi connectivity index (χ0n) is 11.5. The first kappa shape index (κ1) is 14.5. The lowest BCUT2D eigenvalue weighted by Gasteiger charge is -2.06. The molecule has 0 saturated heterocycles. The number of carbonyl (C=O) groups is 1. The van der Waals surface area contributed by atoms with Gasteiger partial charge < -0.3 is 10.5 Å². The summed E-state index contributed by atoms with van der Waals surface area (Å²) in [6.07, 6.45) is 1.55. The van der Waals surface area contributed by atoms with Crippen LogP contribution in [0.3, 0.4) is 0 Å². The number of methoxy groups -OCH3 is 1. The van der Waals surface area contributed by atoms with E-state index in [1.54, 1.807) is 6.20 Å².